The van der Waals surface area contributed by atoms with Crippen LogP contribution in [0.15, 0.2) is 47.4 Å². The molecule has 0 atom stereocenters. The second-order valence-electron chi connectivity index (χ2n) is 4.96. The van der Waals surface area contributed by atoms with Crippen LogP contribution in [0.1, 0.15) is 5.56 Å². The Labute approximate surface area is 142 Å². The minimum Gasteiger partial charge on any atom is -0.508 e. The van der Waals surface area contributed by atoms with E-state index in [9.17, 15) is 19.8 Å². The van der Waals surface area contributed by atoms with E-state index < -0.39 is 11.1 Å². The number of benzene rings is 2. The first-order valence-corrected chi connectivity index (χ1v) is 7.75. The maximum Gasteiger partial charge on any atom is 0.298 e. The second kappa shape index (κ2) is 6.29. The van der Waals surface area contributed by atoms with Crippen LogP contribution in [0.5, 0.6) is 17.2 Å². The van der Waals surface area contributed by atoms with Crippen molar-refractivity contribution in [1.82, 2.24) is 0 Å². The Morgan fingerprint density at radius 3 is 2.46 bits per heavy atom. The number of amides is 2. The topological polar surface area (TPSA) is 87.1 Å². The molecule has 6 nitrogen and oxygen atoms in total. The van der Waals surface area contributed by atoms with E-state index in [0.717, 1.165) is 16.7 Å². The van der Waals surface area contributed by atoms with Crippen molar-refractivity contribution in [2.24, 2.45) is 0 Å². The maximum atomic E-state index is 12.5. The van der Waals surface area contributed by atoms with Crippen LogP contribution in [0.2, 0.25) is 0 Å². The number of imide groups is 1. The Bertz CT molecular complexity index is 845. The Morgan fingerprint density at radius 1 is 1.08 bits per heavy atom. The van der Waals surface area contributed by atoms with Crippen LogP contribution in [0.3, 0.4) is 0 Å². The fourth-order valence-corrected chi connectivity index (χ4v) is 3.07. The molecule has 0 unspecified atom stereocenters. The monoisotopic (exact) mass is 343 g/mol. The molecule has 3 rings (SSSR count). The van der Waals surface area contributed by atoms with Gasteiger partial charge in [0.1, 0.15) is 5.75 Å². The number of phenolic OH excluding ortho intramolecular Hbond substituents is 2. The average molecular weight is 343 g/mol. The lowest BCUT2D eigenvalue weighted by atomic mass is 10.2. The van der Waals surface area contributed by atoms with Crippen molar-refractivity contribution in [1.29, 1.82) is 0 Å². The van der Waals surface area contributed by atoms with Crippen LogP contribution in [0, 0.1) is 0 Å². The summed E-state index contributed by atoms with van der Waals surface area (Å²) in [4.78, 5) is 26.0. The number of rotatable bonds is 3. The molecule has 0 spiro atoms. The first kappa shape index (κ1) is 15.9. The fourth-order valence-electron chi connectivity index (χ4n) is 2.23. The highest BCUT2D eigenvalue weighted by atomic mass is 32.2. The summed E-state index contributed by atoms with van der Waals surface area (Å²) < 4.78 is 5.03. The molecule has 1 heterocycles. The Morgan fingerprint density at radius 2 is 1.79 bits per heavy atom. The molecule has 2 N–H and O–H groups in total. The van der Waals surface area contributed by atoms with Crippen molar-refractivity contribution < 1.29 is 24.5 Å². The molecular formula is C17H13NO5S. The van der Waals surface area contributed by atoms with Crippen molar-refractivity contribution in [3.05, 3.63) is 52.9 Å². The summed E-state index contributed by atoms with van der Waals surface area (Å²) in [6, 6.07) is 10.5. The van der Waals surface area contributed by atoms with Gasteiger partial charge in [-0.2, -0.15) is 0 Å². The van der Waals surface area contributed by atoms with Crippen molar-refractivity contribution in [2.45, 2.75) is 0 Å². The van der Waals surface area contributed by atoms with Crippen LogP contribution in [-0.2, 0) is 4.79 Å². The smallest absolute Gasteiger partial charge is 0.298 e. The zero-order valence-corrected chi connectivity index (χ0v) is 13.4. The predicted molar refractivity (Wildman–Crippen MR) is 91.2 cm³/mol. The zero-order chi connectivity index (χ0) is 17.3. The third-order valence-corrected chi connectivity index (χ3v) is 4.27. The van der Waals surface area contributed by atoms with Gasteiger partial charge in [-0.05, 0) is 59.8 Å². The van der Waals surface area contributed by atoms with Crippen molar-refractivity contribution in [3.8, 4) is 17.2 Å². The standard InChI is InChI=1S/C17H13NO5S/c1-23-14-8-10(2-7-13(14)20)9-15-16(21)18(17(22)24-15)11-3-5-12(19)6-4-11/h2-9,19-20H,1H3. The van der Waals surface area contributed by atoms with Gasteiger partial charge in [-0.1, -0.05) is 6.07 Å². The highest BCUT2D eigenvalue weighted by Crippen LogP contribution is 2.37. The lowest BCUT2D eigenvalue weighted by molar-refractivity contribution is -0.113. The third-order valence-electron chi connectivity index (χ3n) is 3.40. The first-order chi connectivity index (χ1) is 11.5. The number of methoxy groups -OCH3 is 1. The third kappa shape index (κ3) is 2.93. The lowest BCUT2D eigenvalue weighted by Gasteiger charge is -2.12. The van der Waals surface area contributed by atoms with Gasteiger partial charge in [0.05, 0.1) is 17.7 Å². The number of carbonyl (C=O) groups is 2. The number of hydrogen-bond donors (Lipinski definition) is 2. The molecule has 2 aromatic rings. The van der Waals surface area contributed by atoms with Gasteiger partial charge in [0.15, 0.2) is 11.5 Å². The van der Waals surface area contributed by atoms with Gasteiger partial charge in [-0.25, -0.2) is 4.90 Å². The number of carbonyl (C=O) groups excluding carboxylic acids is 2. The molecule has 0 aromatic heterocycles. The molecule has 2 amide bonds. The van der Waals surface area contributed by atoms with E-state index in [0.29, 0.717) is 11.3 Å². The molecule has 24 heavy (non-hydrogen) atoms. The average Bonchev–Trinajstić information content (AvgIpc) is 2.84. The number of phenols is 2. The summed E-state index contributed by atoms with van der Waals surface area (Å²) in [5.41, 5.74) is 1.02. The molecule has 7 heteroatoms. The minimum atomic E-state index is -0.442. The van der Waals surface area contributed by atoms with Gasteiger partial charge < -0.3 is 14.9 Å². The van der Waals surface area contributed by atoms with Crippen LogP contribution in [-0.4, -0.2) is 28.5 Å². The number of hydrogen-bond acceptors (Lipinski definition) is 6. The summed E-state index contributed by atoms with van der Waals surface area (Å²) in [5.74, 6) is -0.117. The SMILES string of the molecule is COc1cc(C=C2SC(=O)N(c3ccc(O)cc3)C2=O)ccc1O. The number of aromatic hydroxyl groups is 2. The van der Waals surface area contributed by atoms with Crippen molar-refractivity contribution in [3.63, 3.8) is 0 Å². The summed E-state index contributed by atoms with van der Waals surface area (Å²) >= 11 is 0.826. The van der Waals surface area contributed by atoms with Gasteiger partial charge in [-0.3, -0.25) is 9.59 Å². The molecule has 0 saturated carbocycles. The number of nitrogens with zero attached hydrogens (tertiary/aromatic N) is 1. The molecule has 1 aliphatic rings. The number of ether oxygens (including phenoxy) is 1. The summed E-state index contributed by atoms with van der Waals surface area (Å²) in [5, 5.41) is 18.5. The van der Waals surface area contributed by atoms with Crippen LogP contribution < -0.4 is 9.64 Å². The highest BCUT2D eigenvalue weighted by molar-refractivity contribution is 8.19. The van der Waals surface area contributed by atoms with E-state index >= 15 is 0 Å². The molecular weight excluding hydrogens is 330 g/mol. The van der Waals surface area contributed by atoms with Crippen LogP contribution >= 0.6 is 11.8 Å². The molecule has 1 fully saturated rings. The molecule has 0 radical (unpaired) electrons. The minimum absolute atomic E-state index is 0.00755. The summed E-state index contributed by atoms with van der Waals surface area (Å²) in [6.45, 7) is 0. The molecule has 0 aliphatic carbocycles. The molecule has 122 valence electrons. The Kier molecular flexibility index (Phi) is 4.18. The largest absolute Gasteiger partial charge is 0.508 e. The van der Waals surface area contributed by atoms with Gasteiger partial charge in [0.2, 0.25) is 0 Å². The highest BCUT2D eigenvalue weighted by Gasteiger charge is 2.36. The van der Waals surface area contributed by atoms with E-state index in [2.05, 4.69) is 0 Å². The van der Waals surface area contributed by atoms with E-state index in [1.807, 2.05) is 0 Å². The Hall–Kier alpha value is -2.93. The van der Waals surface area contributed by atoms with E-state index in [-0.39, 0.29) is 22.2 Å². The molecule has 0 bridgehead atoms. The van der Waals surface area contributed by atoms with Gasteiger partial charge in [0, 0.05) is 0 Å². The molecule has 1 saturated heterocycles. The van der Waals surface area contributed by atoms with E-state index in [4.69, 9.17) is 4.74 Å². The van der Waals surface area contributed by atoms with E-state index in [1.165, 1.54) is 37.4 Å². The van der Waals surface area contributed by atoms with Crippen molar-refractivity contribution >= 4 is 34.7 Å². The van der Waals surface area contributed by atoms with Gasteiger partial charge in [0.25, 0.3) is 11.1 Å². The summed E-state index contributed by atoms with van der Waals surface area (Å²) in [6.07, 6.45) is 1.56. The van der Waals surface area contributed by atoms with E-state index in [1.54, 1.807) is 18.2 Å². The lowest BCUT2D eigenvalue weighted by Crippen LogP contribution is -2.27. The quantitative estimate of drug-likeness (QED) is 0.831. The van der Waals surface area contributed by atoms with Crippen molar-refractivity contribution in [2.75, 3.05) is 12.0 Å². The summed E-state index contributed by atoms with van der Waals surface area (Å²) in [7, 11) is 1.43. The van der Waals surface area contributed by atoms with Crippen LogP contribution in [0.25, 0.3) is 6.08 Å². The number of anilines is 1. The fraction of sp³-hybridized carbons (Fsp3) is 0.0588. The van der Waals surface area contributed by atoms with Crippen LogP contribution in [0.4, 0.5) is 10.5 Å². The molecule has 2 aromatic carbocycles. The Balaban J connectivity index is 1.92. The van der Waals surface area contributed by atoms with Gasteiger partial charge >= 0.3 is 0 Å². The zero-order valence-electron chi connectivity index (χ0n) is 12.6. The van der Waals surface area contributed by atoms with Gasteiger partial charge in [-0.15, -0.1) is 0 Å². The predicted octanol–water partition coefficient (Wildman–Crippen LogP) is 3.35. The molecule has 1 aliphatic heterocycles. The normalized spacial score (nSPS) is 16.0. The maximum absolute atomic E-state index is 12.5. The second-order valence-corrected chi connectivity index (χ2v) is 5.96. The first-order valence-electron chi connectivity index (χ1n) is 6.93. The number of thioether (sulfide) groups is 1.